The molecule has 182 valence electrons. The number of nitrogens with one attached hydrogen (secondary N) is 4. The number of primary sulfonamides is 1. The van der Waals surface area contributed by atoms with Gasteiger partial charge in [-0.15, -0.1) is 10.2 Å². The maximum absolute atomic E-state index is 13.2. The van der Waals surface area contributed by atoms with Crippen molar-refractivity contribution in [2.75, 3.05) is 31.5 Å². The molecule has 1 aliphatic heterocycles. The van der Waals surface area contributed by atoms with Gasteiger partial charge < -0.3 is 16.4 Å². The molecule has 8 N–H and O–H groups in total. The Kier molecular flexibility index (Phi) is 6.87. The van der Waals surface area contributed by atoms with Gasteiger partial charge in [0.25, 0.3) is 0 Å². The lowest BCUT2D eigenvalue weighted by Gasteiger charge is -2.18. The van der Waals surface area contributed by atoms with Crippen molar-refractivity contribution in [3.63, 3.8) is 0 Å². The van der Waals surface area contributed by atoms with Crippen molar-refractivity contribution in [2.24, 2.45) is 10.9 Å². The Labute approximate surface area is 196 Å². The molecule has 1 saturated heterocycles. The van der Waals surface area contributed by atoms with Crippen molar-refractivity contribution in [3.8, 4) is 22.5 Å². The first kappa shape index (κ1) is 24.1. The Morgan fingerprint density at radius 2 is 2.00 bits per heavy atom. The molecule has 0 radical (unpaired) electrons. The van der Waals surface area contributed by atoms with Gasteiger partial charge in [-0.25, -0.2) is 31.7 Å². The van der Waals surface area contributed by atoms with Gasteiger partial charge >= 0.3 is 0 Å². The topological polar surface area (TPSA) is 224 Å². The Hall–Kier alpha value is -3.02. The molecule has 34 heavy (non-hydrogen) atoms. The van der Waals surface area contributed by atoms with Crippen LogP contribution in [-0.4, -0.2) is 74.7 Å². The summed E-state index contributed by atoms with van der Waals surface area (Å²) in [6.07, 6.45) is 2.08. The largest absolute Gasteiger partial charge is 0.369 e. The van der Waals surface area contributed by atoms with Crippen molar-refractivity contribution in [2.45, 2.75) is 22.3 Å². The highest BCUT2D eigenvalue weighted by Crippen LogP contribution is 2.39. The van der Waals surface area contributed by atoms with E-state index in [-0.39, 0.29) is 17.4 Å². The van der Waals surface area contributed by atoms with Gasteiger partial charge in [-0.2, -0.15) is 5.21 Å². The molecule has 2 aromatic heterocycles. The van der Waals surface area contributed by atoms with Gasteiger partial charge in [0.1, 0.15) is 15.6 Å². The van der Waals surface area contributed by atoms with Crippen LogP contribution in [0.5, 0.6) is 0 Å². The predicted molar refractivity (Wildman–Crippen MR) is 123 cm³/mol. The van der Waals surface area contributed by atoms with Gasteiger partial charge in [0.05, 0.1) is 5.56 Å². The maximum atomic E-state index is 13.2. The van der Waals surface area contributed by atoms with E-state index < -0.39 is 29.8 Å². The third-order valence-corrected chi connectivity index (χ3v) is 7.85. The third-order valence-electron chi connectivity index (χ3n) is 5.17. The van der Waals surface area contributed by atoms with E-state index in [1.807, 2.05) is 0 Å². The number of hydrogen-bond donors (Lipinski definition) is 6. The number of rotatable bonds is 9. The molecule has 0 aliphatic carbocycles. The molecule has 0 bridgehead atoms. The maximum Gasteiger partial charge on any atom is 0.242 e. The fourth-order valence-corrected chi connectivity index (χ4v) is 6.59. The van der Waals surface area contributed by atoms with Crippen molar-refractivity contribution in [1.29, 1.82) is 0 Å². The summed E-state index contributed by atoms with van der Waals surface area (Å²) in [7, 11) is -8.83. The highest BCUT2D eigenvalue weighted by Gasteiger charge is 2.33. The van der Waals surface area contributed by atoms with Gasteiger partial charge in [-0.1, -0.05) is 6.07 Å². The molecular weight excluding hydrogens is 484 g/mol. The van der Waals surface area contributed by atoms with Gasteiger partial charge in [0, 0.05) is 31.9 Å². The minimum absolute atomic E-state index is 0.0975. The third kappa shape index (κ3) is 5.06. The summed E-state index contributed by atoms with van der Waals surface area (Å²) >= 11 is 0. The number of nitrogens with two attached hydrogens (primary N) is 2. The second-order valence-corrected chi connectivity index (χ2v) is 10.7. The molecular formula is C18H24N10O4S2. The van der Waals surface area contributed by atoms with Gasteiger partial charge in [0.2, 0.25) is 25.9 Å². The predicted octanol–water partition coefficient (Wildman–Crippen LogP) is -1.41. The zero-order chi connectivity index (χ0) is 24.3. The number of aromatic nitrogens is 5. The second kappa shape index (κ2) is 9.69. The first-order valence-corrected chi connectivity index (χ1v) is 13.3. The van der Waals surface area contributed by atoms with E-state index in [0.29, 0.717) is 49.5 Å². The average Bonchev–Trinajstić information content (AvgIpc) is 3.50. The van der Waals surface area contributed by atoms with Crippen LogP contribution in [0.1, 0.15) is 6.42 Å². The minimum Gasteiger partial charge on any atom is -0.369 e. The lowest BCUT2D eigenvalue weighted by Crippen LogP contribution is -2.37. The van der Waals surface area contributed by atoms with E-state index in [1.54, 1.807) is 12.1 Å². The molecule has 1 atom stereocenters. The molecule has 0 saturated carbocycles. The summed E-state index contributed by atoms with van der Waals surface area (Å²) in [6, 6.07) is 5.59. The molecule has 3 heterocycles. The van der Waals surface area contributed by atoms with Gasteiger partial charge in [-0.05, 0) is 47.5 Å². The molecule has 0 spiro atoms. The van der Waals surface area contributed by atoms with Crippen LogP contribution in [0.3, 0.4) is 0 Å². The van der Waals surface area contributed by atoms with Crippen molar-refractivity contribution < 1.29 is 16.8 Å². The molecule has 1 unspecified atom stereocenters. The molecule has 4 rings (SSSR count). The average molecular weight is 509 g/mol. The van der Waals surface area contributed by atoms with E-state index in [2.05, 4.69) is 41.0 Å². The zero-order valence-electron chi connectivity index (χ0n) is 17.9. The normalized spacial score (nSPS) is 16.6. The fourth-order valence-electron chi connectivity index (χ4n) is 3.72. The number of hydrogen-bond acceptors (Lipinski definition) is 11. The lowest BCUT2D eigenvalue weighted by molar-refractivity contribution is 0.555. The molecule has 16 heteroatoms. The van der Waals surface area contributed by atoms with Crippen LogP contribution in [0.15, 0.2) is 40.3 Å². The molecule has 14 nitrogen and oxygen atoms in total. The highest BCUT2D eigenvalue weighted by molar-refractivity contribution is 7.92. The number of benzene rings is 1. The van der Waals surface area contributed by atoms with E-state index in [9.17, 15) is 16.8 Å². The Morgan fingerprint density at radius 3 is 2.65 bits per heavy atom. The van der Waals surface area contributed by atoms with Gasteiger partial charge in [-0.3, -0.25) is 0 Å². The summed E-state index contributed by atoms with van der Waals surface area (Å²) in [5, 5.41) is 25.2. The Balaban J connectivity index is 1.95. The van der Waals surface area contributed by atoms with Crippen molar-refractivity contribution >= 4 is 25.9 Å². The fraction of sp³-hybridized carbons (Fsp3) is 0.333. The standard InChI is InChI=1S/C18H24N10O4S2/c19-5-8-23-15-9-11(3-7-22-15)13-1-2-14(34(31,32)26-12-4-6-21-10-12)17(33(20,29)30)16(13)18-24-27-28-25-18/h1-3,7,9,12,21,26H,4-6,8,10,19H2,(H,22,23)(H2,20,29,30)(H,24,25,27,28). The molecule has 1 aromatic carbocycles. The first-order chi connectivity index (χ1) is 16.2. The smallest absolute Gasteiger partial charge is 0.242 e. The van der Waals surface area contributed by atoms with E-state index in [0.717, 1.165) is 0 Å². The van der Waals surface area contributed by atoms with Crippen molar-refractivity contribution in [1.82, 2.24) is 35.6 Å². The number of aromatic amines is 1. The lowest BCUT2D eigenvalue weighted by atomic mass is 10.00. The van der Waals surface area contributed by atoms with E-state index in [4.69, 9.17) is 10.9 Å². The number of sulfonamides is 2. The summed E-state index contributed by atoms with van der Waals surface area (Å²) in [6.45, 7) is 1.92. The highest BCUT2D eigenvalue weighted by atomic mass is 32.2. The Morgan fingerprint density at radius 1 is 1.18 bits per heavy atom. The number of pyridine rings is 1. The first-order valence-electron chi connectivity index (χ1n) is 10.3. The summed E-state index contributed by atoms with van der Waals surface area (Å²) in [5.74, 6) is 0.359. The summed E-state index contributed by atoms with van der Waals surface area (Å²) in [4.78, 5) is 3.08. The zero-order valence-corrected chi connectivity index (χ0v) is 19.5. The molecule has 1 aliphatic rings. The molecule has 3 aromatic rings. The van der Waals surface area contributed by atoms with Crippen molar-refractivity contribution in [3.05, 3.63) is 30.5 Å². The van der Waals surface area contributed by atoms with Crippen LogP contribution in [0.25, 0.3) is 22.5 Å². The summed E-state index contributed by atoms with van der Waals surface area (Å²) < 4.78 is 54.6. The van der Waals surface area contributed by atoms with Crippen LogP contribution >= 0.6 is 0 Å². The molecule has 1 fully saturated rings. The minimum atomic E-state index is -4.57. The monoisotopic (exact) mass is 508 g/mol. The van der Waals surface area contributed by atoms with Gasteiger partial charge in [0.15, 0.2) is 0 Å². The number of H-pyrrole nitrogens is 1. The number of anilines is 1. The Bertz CT molecular complexity index is 1370. The van der Waals surface area contributed by atoms with E-state index in [1.165, 1.54) is 18.3 Å². The number of tetrazole rings is 1. The van der Waals surface area contributed by atoms with Crippen LogP contribution < -0.4 is 26.2 Å². The quantitative estimate of drug-likeness (QED) is 0.197. The second-order valence-electron chi connectivity index (χ2n) is 7.55. The van der Waals surface area contributed by atoms with E-state index >= 15 is 0 Å². The summed E-state index contributed by atoms with van der Waals surface area (Å²) in [5.41, 5.74) is 6.28. The SMILES string of the molecule is NCCNc1cc(-c2ccc(S(=O)(=O)NC3CCNC3)c(S(N)(=O)=O)c2-c2nn[nH]n2)ccn1. The van der Waals surface area contributed by atoms with Crippen LogP contribution in [0.4, 0.5) is 5.82 Å². The van der Waals surface area contributed by atoms with Crippen LogP contribution in [0.2, 0.25) is 0 Å². The number of nitrogens with zero attached hydrogens (tertiary/aromatic N) is 4. The molecule has 0 amide bonds. The van der Waals surface area contributed by atoms with Crippen LogP contribution in [-0.2, 0) is 20.0 Å². The van der Waals surface area contributed by atoms with Crippen LogP contribution in [0, 0.1) is 0 Å².